The quantitative estimate of drug-likeness (QED) is 0.356. The summed E-state index contributed by atoms with van der Waals surface area (Å²) < 4.78 is 27.3. The molecule has 0 amide bonds. The van der Waals surface area contributed by atoms with Crippen LogP contribution in [0.15, 0.2) is 81.5 Å². The second kappa shape index (κ2) is 8.74. The molecule has 9 heteroatoms. The molecule has 0 spiro atoms. The van der Waals surface area contributed by atoms with Crippen LogP contribution < -0.4 is 26.2 Å². The molecule has 1 aromatic heterocycles. The van der Waals surface area contributed by atoms with Crippen molar-refractivity contribution < 1.29 is 8.42 Å². The minimum absolute atomic E-state index is 0.129. The van der Waals surface area contributed by atoms with Crippen molar-refractivity contribution in [1.82, 2.24) is 9.71 Å². The maximum atomic E-state index is 12.4. The summed E-state index contributed by atoms with van der Waals surface area (Å²) >= 11 is 0. The zero-order valence-corrected chi connectivity index (χ0v) is 17.9. The number of rotatable bonds is 8. The van der Waals surface area contributed by atoms with E-state index in [0.29, 0.717) is 22.5 Å². The predicted octanol–water partition coefficient (Wildman–Crippen LogP) is 2.93. The summed E-state index contributed by atoms with van der Waals surface area (Å²) in [6, 6.07) is 17.8. The van der Waals surface area contributed by atoms with E-state index in [1.54, 1.807) is 67.8 Å². The average Bonchev–Trinajstić information content (AvgIpc) is 2.82. The zero-order chi connectivity index (χ0) is 22.7. The second-order valence-corrected chi connectivity index (χ2v) is 8.66. The van der Waals surface area contributed by atoms with E-state index in [0.717, 1.165) is 0 Å². The molecule has 0 unspecified atom stereocenters. The van der Waals surface area contributed by atoms with Gasteiger partial charge in [0.05, 0.1) is 4.90 Å². The van der Waals surface area contributed by atoms with Crippen molar-refractivity contribution in [2.24, 2.45) is 0 Å². The molecule has 0 bridgehead atoms. The Bertz CT molecular complexity index is 1440. The predicted molar refractivity (Wildman–Crippen MR) is 124 cm³/mol. The molecule has 161 valence electrons. The number of pyridine rings is 1. The van der Waals surface area contributed by atoms with Gasteiger partial charge in [0.1, 0.15) is 11.4 Å². The zero-order valence-electron chi connectivity index (χ0n) is 17.0. The standard InChI is InChI=1S/C23H19N4O4S/c1-2-25-32(30,31)17-7-5-6-15(14-17)18-8-3-4-9-19(18)27-21-20(22(28)23(21)29)26-16-10-12-24-13-11-16/h3,5-14,25,27H,2H2,1H3,(H,24,26). The molecule has 4 rings (SSSR count). The lowest BCUT2D eigenvalue weighted by Gasteiger charge is -2.17. The van der Waals surface area contributed by atoms with Crippen LogP contribution in [0.5, 0.6) is 0 Å². The van der Waals surface area contributed by atoms with E-state index >= 15 is 0 Å². The largest absolute Gasteiger partial charge is 0.350 e. The number of benzene rings is 2. The molecule has 8 nitrogen and oxygen atoms in total. The highest BCUT2D eigenvalue weighted by atomic mass is 32.2. The van der Waals surface area contributed by atoms with Crippen molar-refractivity contribution in [2.75, 3.05) is 17.2 Å². The smallest absolute Gasteiger partial charge is 0.253 e. The van der Waals surface area contributed by atoms with E-state index in [1.807, 2.05) is 0 Å². The number of hydrogen-bond acceptors (Lipinski definition) is 7. The van der Waals surface area contributed by atoms with Crippen LogP contribution >= 0.6 is 0 Å². The molecule has 0 saturated carbocycles. The average molecular weight is 447 g/mol. The highest BCUT2D eigenvalue weighted by molar-refractivity contribution is 7.89. The first-order valence-corrected chi connectivity index (χ1v) is 11.3. The first kappa shape index (κ1) is 21.4. The molecular weight excluding hydrogens is 428 g/mol. The molecule has 1 heterocycles. The molecular formula is C23H19N4O4S. The number of nitrogens with zero attached hydrogens (tertiary/aromatic N) is 1. The molecule has 3 N–H and O–H groups in total. The van der Waals surface area contributed by atoms with Gasteiger partial charge in [0.15, 0.2) is 0 Å². The summed E-state index contributed by atoms with van der Waals surface area (Å²) in [5.41, 5.74) is 1.43. The van der Waals surface area contributed by atoms with Gasteiger partial charge in [-0.05, 0) is 42.0 Å². The van der Waals surface area contributed by atoms with Crippen molar-refractivity contribution >= 4 is 32.8 Å². The Morgan fingerprint density at radius 3 is 2.41 bits per heavy atom. The number of sulfonamides is 1. The van der Waals surface area contributed by atoms with Gasteiger partial charge in [0.25, 0.3) is 10.9 Å². The van der Waals surface area contributed by atoms with Crippen molar-refractivity contribution in [3.63, 3.8) is 0 Å². The maximum Gasteiger partial charge on any atom is 0.253 e. The van der Waals surface area contributed by atoms with Gasteiger partial charge in [-0.25, -0.2) is 13.1 Å². The SMILES string of the molecule is CCNS(=O)(=O)c1cccc(-c2cc[c]cc2Nc2c(Nc3ccncc3)c(=O)c2=O)c1. The monoisotopic (exact) mass is 447 g/mol. The van der Waals surface area contributed by atoms with E-state index < -0.39 is 20.9 Å². The fraction of sp³-hybridized carbons (Fsp3) is 0.0870. The van der Waals surface area contributed by atoms with Gasteiger partial charge in [0.2, 0.25) is 10.0 Å². The Morgan fingerprint density at radius 2 is 1.69 bits per heavy atom. The molecule has 0 fully saturated rings. The molecule has 32 heavy (non-hydrogen) atoms. The second-order valence-electron chi connectivity index (χ2n) is 6.89. The molecule has 0 aliphatic rings. The first-order valence-electron chi connectivity index (χ1n) is 9.78. The topological polar surface area (TPSA) is 117 Å². The third-order valence-electron chi connectivity index (χ3n) is 4.77. The summed E-state index contributed by atoms with van der Waals surface area (Å²) in [6.07, 6.45) is 3.14. The number of aromatic nitrogens is 1. The number of nitrogens with one attached hydrogen (secondary N) is 3. The third kappa shape index (κ3) is 4.16. The van der Waals surface area contributed by atoms with Gasteiger partial charge >= 0.3 is 0 Å². The van der Waals surface area contributed by atoms with Gasteiger partial charge in [0, 0.05) is 35.9 Å². The molecule has 0 saturated heterocycles. The summed E-state index contributed by atoms with van der Waals surface area (Å²) in [7, 11) is -3.63. The van der Waals surface area contributed by atoms with E-state index in [2.05, 4.69) is 26.4 Å². The van der Waals surface area contributed by atoms with Crippen molar-refractivity contribution in [1.29, 1.82) is 0 Å². The van der Waals surface area contributed by atoms with Crippen molar-refractivity contribution in [3.05, 3.63) is 93.5 Å². The van der Waals surface area contributed by atoms with Gasteiger partial charge in [-0.15, -0.1) is 0 Å². The maximum absolute atomic E-state index is 12.4. The van der Waals surface area contributed by atoms with E-state index in [1.165, 1.54) is 6.07 Å². The van der Waals surface area contributed by atoms with Gasteiger partial charge < -0.3 is 10.6 Å². The third-order valence-corrected chi connectivity index (χ3v) is 6.32. The lowest BCUT2D eigenvalue weighted by atomic mass is 10.0. The van der Waals surface area contributed by atoms with Crippen molar-refractivity contribution in [3.8, 4) is 11.1 Å². The van der Waals surface area contributed by atoms with Crippen LogP contribution in [0, 0.1) is 6.07 Å². The first-order chi connectivity index (χ1) is 15.4. The normalized spacial score (nSPS) is 11.4. The lowest BCUT2D eigenvalue weighted by molar-refractivity contribution is 0.584. The Morgan fingerprint density at radius 1 is 0.969 bits per heavy atom. The van der Waals surface area contributed by atoms with Gasteiger partial charge in [-0.2, -0.15) is 0 Å². The molecule has 0 aliphatic heterocycles. The molecule has 0 atom stereocenters. The van der Waals surface area contributed by atoms with Crippen LogP contribution in [0.3, 0.4) is 0 Å². The molecule has 3 aromatic carbocycles. The fourth-order valence-corrected chi connectivity index (χ4v) is 4.32. The molecule has 4 aromatic rings. The summed E-state index contributed by atoms with van der Waals surface area (Å²) in [4.78, 5) is 28.4. The minimum atomic E-state index is -3.63. The van der Waals surface area contributed by atoms with E-state index in [9.17, 15) is 18.0 Å². The summed E-state index contributed by atoms with van der Waals surface area (Å²) in [5.74, 6) is 0. The number of hydrogen-bond donors (Lipinski definition) is 3. The van der Waals surface area contributed by atoms with Crippen LogP contribution in [0.2, 0.25) is 0 Å². The molecule has 0 aliphatic carbocycles. The van der Waals surface area contributed by atoms with Crippen LogP contribution in [-0.4, -0.2) is 19.9 Å². The Kier molecular flexibility index (Phi) is 5.85. The lowest BCUT2D eigenvalue weighted by Crippen LogP contribution is -2.35. The highest BCUT2D eigenvalue weighted by Crippen LogP contribution is 2.32. The van der Waals surface area contributed by atoms with Crippen LogP contribution in [0.25, 0.3) is 11.1 Å². The van der Waals surface area contributed by atoms with Crippen LogP contribution in [0.4, 0.5) is 22.7 Å². The Labute approximate surface area is 184 Å². The summed E-state index contributed by atoms with van der Waals surface area (Å²) in [5, 5.41) is 5.95. The fourth-order valence-electron chi connectivity index (χ4n) is 3.23. The highest BCUT2D eigenvalue weighted by Gasteiger charge is 2.22. The van der Waals surface area contributed by atoms with Crippen LogP contribution in [0.1, 0.15) is 6.92 Å². The van der Waals surface area contributed by atoms with E-state index in [-0.39, 0.29) is 22.8 Å². The van der Waals surface area contributed by atoms with Crippen LogP contribution in [-0.2, 0) is 10.0 Å². The Balaban J connectivity index is 1.69. The molecule has 1 radical (unpaired) electrons. The van der Waals surface area contributed by atoms with Gasteiger partial charge in [-0.3, -0.25) is 14.6 Å². The Hall–Kier alpha value is -3.82. The summed E-state index contributed by atoms with van der Waals surface area (Å²) in [6.45, 7) is 1.98. The van der Waals surface area contributed by atoms with E-state index in [4.69, 9.17) is 0 Å². The minimum Gasteiger partial charge on any atom is -0.350 e. The van der Waals surface area contributed by atoms with Crippen molar-refractivity contribution in [2.45, 2.75) is 11.8 Å². The van der Waals surface area contributed by atoms with Gasteiger partial charge in [-0.1, -0.05) is 31.2 Å². The number of anilines is 4.